The minimum atomic E-state index is 0.534. The standard InChI is InChI=1S/C13H12BrNO/c14-11-6-7-13(12(15)8-11)16-9-10-4-2-1-3-5-10/h1-8H,9,15H2. The van der Waals surface area contributed by atoms with Gasteiger partial charge in [-0.2, -0.15) is 0 Å². The highest BCUT2D eigenvalue weighted by Crippen LogP contribution is 2.25. The van der Waals surface area contributed by atoms with E-state index in [1.807, 2.05) is 48.5 Å². The van der Waals surface area contributed by atoms with Crippen molar-refractivity contribution in [2.45, 2.75) is 6.61 Å². The Morgan fingerprint density at radius 2 is 1.81 bits per heavy atom. The molecular formula is C13H12BrNO. The first-order chi connectivity index (χ1) is 7.75. The Morgan fingerprint density at radius 1 is 1.06 bits per heavy atom. The molecule has 0 fully saturated rings. The van der Waals surface area contributed by atoms with Crippen molar-refractivity contribution in [2.24, 2.45) is 0 Å². The van der Waals surface area contributed by atoms with Crippen molar-refractivity contribution in [3.63, 3.8) is 0 Å². The van der Waals surface area contributed by atoms with Gasteiger partial charge in [-0.25, -0.2) is 0 Å². The van der Waals surface area contributed by atoms with Crippen LogP contribution in [0.1, 0.15) is 5.56 Å². The number of benzene rings is 2. The summed E-state index contributed by atoms with van der Waals surface area (Å²) < 4.78 is 6.59. The van der Waals surface area contributed by atoms with Crippen LogP contribution in [0.3, 0.4) is 0 Å². The van der Waals surface area contributed by atoms with Gasteiger partial charge in [-0.15, -0.1) is 0 Å². The molecule has 3 heteroatoms. The number of nitrogen functional groups attached to an aromatic ring is 1. The topological polar surface area (TPSA) is 35.2 Å². The minimum absolute atomic E-state index is 0.534. The fourth-order valence-electron chi connectivity index (χ4n) is 1.39. The average Bonchev–Trinajstić information content (AvgIpc) is 2.29. The first-order valence-electron chi connectivity index (χ1n) is 4.97. The quantitative estimate of drug-likeness (QED) is 0.870. The first kappa shape index (κ1) is 11.0. The highest BCUT2D eigenvalue weighted by Gasteiger charge is 2.01. The molecule has 0 bridgehead atoms. The third-order valence-electron chi connectivity index (χ3n) is 2.21. The molecule has 0 aliphatic carbocycles. The summed E-state index contributed by atoms with van der Waals surface area (Å²) in [6.07, 6.45) is 0. The molecule has 0 radical (unpaired) electrons. The maximum atomic E-state index is 5.83. The predicted octanol–water partition coefficient (Wildman–Crippen LogP) is 3.61. The Bertz CT molecular complexity index is 471. The molecule has 2 aromatic rings. The SMILES string of the molecule is Nc1cc(Br)ccc1OCc1ccccc1. The van der Waals surface area contributed by atoms with Gasteiger partial charge >= 0.3 is 0 Å². The fourth-order valence-corrected chi connectivity index (χ4v) is 1.76. The van der Waals surface area contributed by atoms with Crippen molar-refractivity contribution in [2.75, 3.05) is 5.73 Å². The van der Waals surface area contributed by atoms with Crippen LogP contribution in [-0.4, -0.2) is 0 Å². The molecule has 0 saturated heterocycles. The highest BCUT2D eigenvalue weighted by atomic mass is 79.9. The lowest BCUT2D eigenvalue weighted by Crippen LogP contribution is -1.98. The number of rotatable bonds is 3. The van der Waals surface area contributed by atoms with Crippen LogP contribution in [-0.2, 0) is 6.61 Å². The molecule has 0 heterocycles. The van der Waals surface area contributed by atoms with Gasteiger partial charge in [0.05, 0.1) is 5.69 Å². The van der Waals surface area contributed by atoms with Crippen LogP contribution >= 0.6 is 15.9 Å². The molecule has 0 spiro atoms. The summed E-state index contributed by atoms with van der Waals surface area (Å²) in [4.78, 5) is 0. The zero-order valence-corrected chi connectivity index (χ0v) is 10.3. The molecule has 82 valence electrons. The van der Waals surface area contributed by atoms with E-state index in [0.29, 0.717) is 18.0 Å². The second-order valence-corrected chi connectivity index (χ2v) is 4.37. The van der Waals surface area contributed by atoms with E-state index < -0.39 is 0 Å². The van der Waals surface area contributed by atoms with Gasteiger partial charge < -0.3 is 10.5 Å². The molecule has 0 atom stereocenters. The Morgan fingerprint density at radius 3 is 2.50 bits per heavy atom. The molecule has 0 unspecified atom stereocenters. The van der Waals surface area contributed by atoms with Crippen molar-refractivity contribution in [3.05, 3.63) is 58.6 Å². The van der Waals surface area contributed by atoms with Gasteiger partial charge in [-0.1, -0.05) is 46.3 Å². The molecule has 2 N–H and O–H groups in total. The van der Waals surface area contributed by atoms with Crippen LogP contribution in [0.2, 0.25) is 0 Å². The van der Waals surface area contributed by atoms with Crippen molar-refractivity contribution >= 4 is 21.6 Å². The van der Waals surface area contributed by atoms with Gasteiger partial charge in [0.1, 0.15) is 12.4 Å². The summed E-state index contributed by atoms with van der Waals surface area (Å²) in [6.45, 7) is 0.534. The number of anilines is 1. The Labute approximate surface area is 103 Å². The molecule has 2 rings (SSSR count). The minimum Gasteiger partial charge on any atom is -0.487 e. The molecule has 2 aromatic carbocycles. The summed E-state index contributed by atoms with van der Waals surface area (Å²) in [6, 6.07) is 15.6. The molecular weight excluding hydrogens is 266 g/mol. The van der Waals surface area contributed by atoms with E-state index in [-0.39, 0.29) is 0 Å². The number of hydrogen-bond donors (Lipinski definition) is 1. The van der Waals surface area contributed by atoms with E-state index >= 15 is 0 Å². The van der Waals surface area contributed by atoms with E-state index in [0.717, 1.165) is 10.0 Å². The van der Waals surface area contributed by atoms with E-state index in [2.05, 4.69) is 15.9 Å². The van der Waals surface area contributed by atoms with Gasteiger partial charge in [-0.3, -0.25) is 0 Å². The van der Waals surface area contributed by atoms with Crippen LogP contribution in [0.25, 0.3) is 0 Å². The van der Waals surface area contributed by atoms with Crippen LogP contribution in [0, 0.1) is 0 Å². The lowest BCUT2D eigenvalue weighted by molar-refractivity contribution is 0.308. The third-order valence-corrected chi connectivity index (χ3v) is 2.70. The molecule has 0 saturated carbocycles. The Balaban J connectivity index is 2.05. The van der Waals surface area contributed by atoms with E-state index in [1.165, 1.54) is 0 Å². The fraction of sp³-hybridized carbons (Fsp3) is 0.0769. The van der Waals surface area contributed by atoms with Gasteiger partial charge in [0, 0.05) is 4.47 Å². The highest BCUT2D eigenvalue weighted by molar-refractivity contribution is 9.10. The lowest BCUT2D eigenvalue weighted by Gasteiger charge is -2.08. The van der Waals surface area contributed by atoms with Gasteiger partial charge in [0.15, 0.2) is 0 Å². The van der Waals surface area contributed by atoms with E-state index in [1.54, 1.807) is 0 Å². The Kier molecular flexibility index (Phi) is 3.47. The van der Waals surface area contributed by atoms with Crippen LogP contribution in [0.4, 0.5) is 5.69 Å². The normalized spacial score (nSPS) is 10.1. The molecule has 2 nitrogen and oxygen atoms in total. The lowest BCUT2D eigenvalue weighted by atomic mass is 10.2. The largest absolute Gasteiger partial charge is 0.487 e. The smallest absolute Gasteiger partial charge is 0.142 e. The van der Waals surface area contributed by atoms with E-state index in [4.69, 9.17) is 10.5 Å². The maximum absolute atomic E-state index is 5.83. The molecule has 0 amide bonds. The first-order valence-corrected chi connectivity index (χ1v) is 5.77. The zero-order valence-electron chi connectivity index (χ0n) is 8.69. The molecule has 16 heavy (non-hydrogen) atoms. The van der Waals surface area contributed by atoms with Crippen molar-refractivity contribution < 1.29 is 4.74 Å². The summed E-state index contributed by atoms with van der Waals surface area (Å²) >= 11 is 3.36. The van der Waals surface area contributed by atoms with E-state index in [9.17, 15) is 0 Å². The second kappa shape index (κ2) is 5.03. The van der Waals surface area contributed by atoms with Gasteiger partial charge in [-0.05, 0) is 23.8 Å². The summed E-state index contributed by atoms with van der Waals surface area (Å²) in [5.41, 5.74) is 7.60. The zero-order chi connectivity index (χ0) is 11.4. The Hall–Kier alpha value is -1.48. The number of halogens is 1. The summed E-state index contributed by atoms with van der Waals surface area (Å²) in [7, 11) is 0. The number of ether oxygens (including phenoxy) is 1. The number of hydrogen-bond acceptors (Lipinski definition) is 2. The molecule has 0 aliphatic rings. The molecule has 0 aromatic heterocycles. The van der Waals surface area contributed by atoms with Crippen LogP contribution < -0.4 is 10.5 Å². The third kappa shape index (κ3) is 2.76. The average molecular weight is 278 g/mol. The predicted molar refractivity (Wildman–Crippen MR) is 69.3 cm³/mol. The van der Waals surface area contributed by atoms with Crippen molar-refractivity contribution in [1.29, 1.82) is 0 Å². The van der Waals surface area contributed by atoms with Crippen molar-refractivity contribution in [3.8, 4) is 5.75 Å². The van der Waals surface area contributed by atoms with Crippen LogP contribution in [0.15, 0.2) is 53.0 Å². The second-order valence-electron chi connectivity index (χ2n) is 3.46. The van der Waals surface area contributed by atoms with Gasteiger partial charge in [0.25, 0.3) is 0 Å². The number of nitrogens with two attached hydrogens (primary N) is 1. The van der Waals surface area contributed by atoms with Crippen LogP contribution in [0.5, 0.6) is 5.75 Å². The van der Waals surface area contributed by atoms with Gasteiger partial charge in [0.2, 0.25) is 0 Å². The monoisotopic (exact) mass is 277 g/mol. The maximum Gasteiger partial charge on any atom is 0.142 e. The van der Waals surface area contributed by atoms with Crippen molar-refractivity contribution in [1.82, 2.24) is 0 Å². The molecule has 0 aliphatic heterocycles. The summed E-state index contributed by atoms with van der Waals surface area (Å²) in [5.74, 6) is 0.715. The summed E-state index contributed by atoms with van der Waals surface area (Å²) in [5, 5.41) is 0.